The van der Waals surface area contributed by atoms with E-state index in [0.29, 0.717) is 30.2 Å². The van der Waals surface area contributed by atoms with Crippen molar-refractivity contribution in [2.75, 3.05) is 13.2 Å². The standard InChI is InChI=1S/C19H19N3O4/c23-18(14-5-1-4-13(12-14)15-6-2-10-24-15)20-9-8-17-21-19(26-22-17)16-7-3-11-25-16/h1-2,4-6,10,12,16H,3,7-9,11H2,(H,20,23)/t16-/m1/s1. The molecule has 0 unspecified atom stereocenters. The number of nitrogens with one attached hydrogen (secondary N) is 1. The summed E-state index contributed by atoms with van der Waals surface area (Å²) >= 11 is 0. The van der Waals surface area contributed by atoms with Crippen molar-refractivity contribution in [1.29, 1.82) is 0 Å². The number of amides is 1. The molecule has 0 spiro atoms. The van der Waals surface area contributed by atoms with Gasteiger partial charge < -0.3 is 19.0 Å². The number of rotatable bonds is 6. The predicted molar refractivity (Wildman–Crippen MR) is 92.4 cm³/mol. The van der Waals surface area contributed by atoms with Crippen molar-refractivity contribution in [3.05, 3.63) is 59.9 Å². The van der Waals surface area contributed by atoms with Crippen LogP contribution in [0.25, 0.3) is 11.3 Å². The molecule has 3 aromatic rings. The second-order valence-electron chi connectivity index (χ2n) is 6.11. The summed E-state index contributed by atoms with van der Waals surface area (Å²) in [5.41, 5.74) is 1.44. The first-order valence-electron chi connectivity index (χ1n) is 8.66. The molecule has 0 saturated carbocycles. The number of ether oxygens (including phenoxy) is 1. The van der Waals surface area contributed by atoms with Gasteiger partial charge in [0.05, 0.1) is 6.26 Å². The fourth-order valence-electron chi connectivity index (χ4n) is 2.92. The third-order valence-electron chi connectivity index (χ3n) is 4.25. The zero-order valence-corrected chi connectivity index (χ0v) is 14.2. The highest BCUT2D eigenvalue weighted by Gasteiger charge is 2.23. The Morgan fingerprint density at radius 3 is 3.04 bits per heavy atom. The van der Waals surface area contributed by atoms with E-state index in [2.05, 4.69) is 15.5 Å². The minimum atomic E-state index is -0.152. The summed E-state index contributed by atoms with van der Waals surface area (Å²) in [6.45, 7) is 1.16. The first-order chi connectivity index (χ1) is 12.8. The lowest BCUT2D eigenvalue weighted by atomic mass is 10.1. The highest BCUT2D eigenvalue weighted by atomic mass is 16.5. The average Bonchev–Trinajstić information content (AvgIpc) is 3.43. The molecule has 7 nitrogen and oxygen atoms in total. The van der Waals surface area contributed by atoms with Gasteiger partial charge in [0, 0.05) is 30.7 Å². The first kappa shape index (κ1) is 16.5. The number of aromatic nitrogens is 2. The molecule has 1 atom stereocenters. The van der Waals surface area contributed by atoms with Crippen LogP contribution in [0.3, 0.4) is 0 Å². The number of hydrogen-bond donors (Lipinski definition) is 1. The Morgan fingerprint density at radius 1 is 1.27 bits per heavy atom. The molecule has 7 heteroatoms. The molecular weight excluding hydrogens is 334 g/mol. The fraction of sp³-hybridized carbons (Fsp3) is 0.316. The van der Waals surface area contributed by atoms with Crippen LogP contribution in [0.1, 0.15) is 41.0 Å². The molecule has 134 valence electrons. The van der Waals surface area contributed by atoms with Crippen LogP contribution in [0.5, 0.6) is 0 Å². The normalized spacial score (nSPS) is 16.7. The summed E-state index contributed by atoms with van der Waals surface area (Å²) in [6, 6.07) is 11.0. The van der Waals surface area contributed by atoms with E-state index in [-0.39, 0.29) is 12.0 Å². The molecule has 1 amide bonds. The minimum Gasteiger partial charge on any atom is -0.464 e. The number of nitrogens with zero attached hydrogens (tertiary/aromatic N) is 2. The van der Waals surface area contributed by atoms with Gasteiger partial charge >= 0.3 is 0 Å². The first-order valence-corrected chi connectivity index (χ1v) is 8.66. The van der Waals surface area contributed by atoms with E-state index in [4.69, 9.17) is 13.7 Å². The Hall–Kier alpha value is -2.93. The molecule has 26 heavy (non-hydrogen) atoms. The zero-order chi connectivity index (χ0) is 17.8. The van der Waals surface area contributed by atoms with Crippen molar-refractivity contribution >= 4 is 5.91 Å². The van der Waals surface area contributed by atoms with Crippen LogP contribution in [-0.2, 0) is 11.2 Å². The van der Waals surface area contributed by atoms with E-state index in [0.717, 1.165) is 30.8 Å². The van der Waals surface area contributed by atoms with E-state index in [1.165, 1.54) is 0 Å². The van der Waals surface area contributed by atoms with Crippen molar-refractivity contribution in [2.24, 2.45) is 0 Å². The summed E-state index contributed by atoms with van der Waals surface area (Å²) in [5.74, 6) is 1.67. The Kier molecular flexibility index (Phi) is 4.79. The molecule has 3 heterocycles. The van der Waals surface area contributed by atoms with Crippen molar-refractivity contribution in [1.82, 2.24) is 15.5 Å². The number of carbonyl (C=O) groups is 1. The second-order valence-corrected chi connectivity index (χ2v) is 6.11. The molecule has 1 N–H and O–H groups in total. The predicted octanol–water partition coefficient (Wildman–Crippen LogP) is 3.15. The monoisotopic (exact) mass is 353 g/mol. The van der Waals surface area contributed by atoms with Crippen molar-refractivity contribution in [2.45, 2.75) is 25.4 Å². The van der Waals surface area contributed by atoms with Crippen molar-refractivity contribution in [3.63, 3.8) is 0 Å². The van der Waals surface area contributed by atoms with E-state index < -0.39 is 0 Å². The third-order valence-corrected chi connectivity index (χ3v) is 4.25. The molecule has 1 fully saturated rings. The maximum absolute atomic E-state index is 12.3. The topological polar surface area (TPSA) is 90.4 Å². The highest BCUT2D eigenvalue weighted by Crippen LogP contribution is 2.26. The Balaban J connectivity index is 1.32. The summed E-state index contributed by atoms with van der Waals surface area (Å²) in [4.78, 5) is 16.7. The molecule has 0 aliphatic carbocycles. The van der Waals surface area contributed by atoms with Crippen molar-refractivity contribution < 1.29 is 18.5 Å². The van der Waals surface area contributed by atoms with Gasteiger partial charge in [-0.25, -0.2) is 0 Å². The largest absolute Gasteiger partial charge is 0.464 e. The fourth-order valence-corrected chi connectivity index (χ4v) is 2.92. The van der Waals surface area contributed by atoms with Gasteiger partial charge in [0.15, 0.2) is 5.82 Å². The van der Waals surface area contributed by atoms with Crippen LogP contribution < -0.4 is 5.32 Å². The summed E-state index contributed by atoms with van der Waals surface area (Å²) in [7, 11) is 0. The molecule has 0 radical (unpaired) electrons. The van der Waals surface area contributed by atoms with E-state index >= 15 is 0 Å². The quantitative estimate of drug-likeness (QED) is 0.732. The molecule has 1 aromatic carbocycles. The zero-order valence-electron chi connectivity index (χ0n) is 14.2. The van der Waals surface area contributed by atoms with Gasteiger partial charge in [-0.2, -0.15) is 4.98 Å². The summed E-state index contributed by atoms with van der Waals surface area (Å²) in [5, 5.41) is 6.82. The lowest BCUT2D eigenvalue weighted by Crippen LogP contribution is -2.25. The Morgan fingerprint density at radius 2 is 2.23 bits per heavy atom. The van der Waals surface area contributed by atoms with Gasteiger partial charge in [-0.3, -0.25) is 4.79 Å². The van der Waals surface area contributed by atoms with Crippen LogP contribution in [0.2, 0.25) is 0 Å². The highest BCUT2D eigenvalue weighted by molar-refractivity contribution is 5.95. The van der Waals surface area contributed by atoms with Crippen LogP contribution in [0.15, 0.2) is 51.6 Å². The molecular formula is C19H19N3O4. The summed E-state index contributed by atoms with van der Waals surface area (Å²) in [6.07, 6.45) is 3.94. The molecule has 0 bridgehead atoms. The molecule has 1 aliphatic rings. The minimum absolute atomic E-state index is 0.0878. The van der Waals surface area contributed by atoms with Crippen LogP contribution in [0, 0.1) is 0 Å². The Labute approximate surface area is 150 Å². The maximum Gasteiger partial charge on any atom is 0.255 e. The van der Waals surface area contributed by atoms with E-state index in [1.807, 2.05) is 24.3 Å². The van der Waals surface area contributed by atoms with Crippen molar-refractivity contribution in [3.8, 4) is 11.3 Å². The third kappa shape index (κ3) is 3.67. The average molecular weight is 353 g/mol. The smallest absolute Gasteiger partial charge is 0.255 e. The second kappa shape index (κ2) is 7.53. The lowest BCUT2D eigenvalue weighted by molar-refractivity contribution is 0.0835. The molecule has 2 aromatic heterocycles. The van der Waals surface area contributed by atoms with Gasteiger partial charge in [-0.1, -0.05) is 17.3 Å². The van der Waals surface area contributed by atoms with Gasteiger partial charge in [-0.05, 0) is 37.1 Å². The van der Waals surface area contributed by atoms with E-state index in [9.17, 15) is 4.79 Å². The number of benzene rings is 1. The molecule has 4 rings (SSSR count). The number of hydrogen-bond acceptors (Lipinski definition) is 6. The molecule has 1 aliphatic heterocycles. The van der Waals surface area contributed by atoms with Gasteiger partial charge in [-0.15, -0.1) is 0 Å². The maximum atomic E-state index is 12.3. The number of carbonyl (C=O) groups excluding carboxylic acids is 1. The lowest BCUT2D eigenvalue weighted by Gasteiger charge is -2.05. The van der Waals surface area contributed by atoms with Gasteiger partial charge in [0.2, 0.25) is 0 Å². The number of furan rings is 1. The van der Waals surface area contributed by atoms with E-state index in [1.54, 1.807) is 18.4 Å². The van der Waals surface area contributed by atoms with Crippen LogP contribution in [0.4, 0.5) is 0 Å². The van der Waals surface area contributed by atoms with Gasteiger partial charge in [0.1, 0.15) is 11.9 Å². The SMILES string of the molecule is O=C(NCCc1noc([C@H]2CCCO2)n1)c1cccc(-c2ccco2)c1. The Bertz CT molecular complexity index is 867. The van der Waals surface area contributed by atoms with Crippen LogP contribution >= 0.6 is 0 Å². The molecule has 1 saturated heterocycles. The van der Waals surface area contributed by atoms with Crippen LogP contribution in [-0.4, -0.2) is 29.2 Å². The van der Waals surface area contributed by atoms with Gasteiger partial charge in [0.25, 0.3) is 11.8 Å². The summed E-state index contributed by atoms with van der Waals surface area (Å²) < 4.78 is 16.1.